The predicted octanol–water partition coefficient (Wildman–Crippen LogP) is 19.4. The summed E-state index contributed by atoms with van der Waals surface area (Å²) in [4.78, 5) is 81.9. The molecule has 0 aliphatic rings. The number of rotatable bonds is 17. The first kappa shape index (κ1) is 87.3. The first-order valence-corrected chi connectivity index (χ1v) is 42.4. The van der Waals surface area contributed by atoms with Crippen molar-refractivity contribution >= 4 is 166 Å². The summed E-state index contributed by atoms with van der Waals surface area (Å²) in [5.74, 6) is 0.221. The van der Waals surface area contributed by atoms with Crippen molar-refractivity contribution in [3.8, 4) is 0 Å². The van der Waals surface area contributed by atoms with Crippen LogP contribution in [0.2, 0.25) is 0 Å². The lowest BCUT2D eigenvalue weighted by Crippen LogP contribution is -2.11. The van der Waals surface area contributed by atoms with Gasteiger partial charge in [0.15, 0.2) is 9.93 Å². The smallest absolute Gasteiger partial charge is 0.340 e. The van der Waals surface area contributed by atoms with E-state index in [9.17, 15) is 19.2 Å². The molecule has 93 heavy (non-hydrogen) atoms. The highest BCUT2D eigenvalue weighted by molar-refractivity contribution is 9.93. The Hall–Kier alpha value is -3.73. The van der Waals surface area contributed by atoms with Gasteiger partial charge >= 0.3 is 11.9 Å². The van der Waals surface area contributed by atoms with Crippen molar-refractivity contribution in [2.75, 3.05) is 13.2 Å². The van der Waals surface area contributed by atoms with Gasteiger partial charge in [-0.3, -0.25) is 44.5 Å². The molecule has 8 rings (SSSR count). The number of carbonyl (C=O) groups is 2. The molecule has 4 N–H and O–H groups in total. The lowest BCUT2D eigenvalue weighted by atomic mass is 10.0. The Morgan fingerprint density at radius 2 is 0.914 bits per heavy atom. The molecule has 504 valence electrons. The van der Waals surface area contributed by atoms with Crippen LogP contribution in [0.25, 0.3) is 0 Å². The Kier molecular flexibility index (Phi) is 47.5. The molecule has 8 aromatic heterocycles. The van der Waals surface area contributed by atoms with Gasteiger partial charge in [-0.25, -0.2) is 14.6 Å². The fourth-order valence-corrected chi connectivity index (χ4v) is 12.4. The van der Waals surface area contributed by atoms with Crippen molar-refractivity contribution in [3.05, 3.63) is 227 Å². The number of alkyl halides is 1. The van der Waals surface area contributed by atoms with Crippen molar-refractivity contribution in [1.82, 2.24) is 49.8 Å². The van der Waals surface area contributed by atoms with Crippen LogP contribution in [0.15, 0.2) is 125 Å². The van der Waals surface area contributed by atoms with Gasteiger partial charge in [0.1, 0.15) is 10.4 Å². The highest BCUT2D eigenvalue weighted by atomic mass is 80.0. The molecular weight excluding hydrogens is 1770 g/mol. The van der Waals surface area contributed by atoms with Crippen LogP contribution in [0.5, 0.6) is 0 Å². The monoisotopic (exact) mass is 1840 g/mol. The number of thioether (sulfide) groups is 1. The number of nitrogens with one attached hydrogen (secondary N) is 3. The lowest BCUT2D eigenvalue weighted by molar-refractivity contribution is 0.0514. The number of hydrogen-bond donors (Lipinski definition) is 4. The number of aliphatic hydroxyl groups excluding tert-OH is 1. The molecule has 0 radical (unpaired) electrons. The van der Waals surface area contributed by atoms with Crippen molar-refractivity contribution in [2.24, 2.45) is 0 Å². The third-order valence-electron chi connectivity index (χ3n) is 12.6. The summed E-state index contributed by atoms with van der Waals surface area (Å²) < 4.78 is 13.3. The molecular formula is C65H80Br8N10O7PS2+. The summed E-state index contributed by atoms with van der Waals surface area (Å²) >= 11 is 32.2. The Morgan fingerprint density at radius 3 is 1.27 bits per heavy atom. The first-order valence-electron chi connectivity index (χ1n) is 29.3. The van der Waals surface area contributed by atoms with Gasteiger partial charge in [0.2, 0.25) is 0 Å². The second kappa shape index (κ2) is 50.6. The Balaban J connectivity index is 0.000000546. The van der Waals surface area contributed by atoms with Crippen LogP contribution in [0.1, 0.15) is 156 Å². The van der Waals surface area contributed by atoms with Gasteiger partial charge in [0, 0.05) is 123 Å². The molecule has 8 heterocycles. The van der Waals surface area contributed by atoms with E-state index in [0.29, 0.717) is 43.2 Å². The van der Waals surface area contributed by atoms with Crippen molar-refractivity contribution in [1.29, 1.82) is 0 Å². The number of halogens is 8. The lowest BCUT2D eigenvalue weighted by Gasteiger charge is -2.11. The quantitative estimate of drug-likeness (QED) is 0.0126. The predicted molar refractivity (Wildman–Crippen MR) is 411 cm³/mol. The average Bonchev–Trinajstić information content (AvgIpc) is 3.52. The number of aryl methyl sites for hydroxylation is 9. The third kappa shape index (κ3) is 33.9. The van der Waals surface area contributed by atoms with Gasteiger partial charge in [-0.2, -0.15) is 0 Å². The Labute approximate surface area is 623 Å². The van der Waals surface area contributed by atoms with Crippen LogP contribution >= 0.6 is 154 Å². The zero-order valence-corrected chi connectivity index (χ0v) is 69.1. The number of hydrogen-bond acceptors (Lipinski definition) is 16. The van der Waals surface area contributed by atoms with Crippen LogP contribution in [-0.2, 0) is 78.5 Å². The van der Waals surface area contributed by atoms with Gasteiger partial charge < -0.3 is 24.5 Å². The molecule has 0 atom stereocenters. The van der Waals surface area contributed by atoms with Crippen LogP contribution in [0.4, 0.5) is 0 Å². The molecule has 0 unspecified atom stereocenters. The topological polar surface area (TPSA) is 245 Å². The van der Waals surface area contributed by atoms with E-state index < -0.39 is 0 Å². The van der Waals surface area contributed by atoms with Gasteiger partial charge in [-0.15, -0.1) is 0 Å². The fourth-order valence-electron chi connectivity index (χ4n) is 8.14. The molecule has 17 nitrogen and oxygen atoms in total. The van der Waals surface area contributed by atoms with Crippen molar-refractivity contribution in [2.45, 2.75) is 150 Å². The Morgan fingerprint density at radius 1 is 0.538 bits per heavy atom. The number of ether oxygens (including phenoxy) is 2. The molecule has 0 aliphatic heterocycles. The maximum absolute atomic E-state index is 11.8. The molecule has 8 aromatic rings. The average molecular weight is 1850 g/mol. The van der Waals surface area contributed by atoms with Crippen LogP contribution < -0.4 is 11.1 Å². The second-order valence-corrected chi connectivity index (χ2v) is 39.6. The van der Waals surface area contributed by atoms with Crippen LogP contribution in [0, 0.1) is 25.5 Å². The third-order valence-corrected chi connectivity index (χ3v) is 16.4. The van der Waals surface area contributed by atoms with E-state index in [-0.39, 0.29) is 33.7 Å². The maximum Gasteiger partial charge on any atom is 0.340 e. The zero-order chi connectivity index (χ0) is 70.0. The molecule has 0 aliphatic carbocycles. The molecule has 28 heteroatoms. The maximum atomic E-state index is 11.8. The Bertz CT molecular complexity index is 3510. The summed E-state index contributed by atoms with van der Waals surface area (Å²) in [5, 5.41) is 10.7. The summed E-state index contributed by atoms with van der Waals surface area (Å²) in [5.41, 5.74) is 15.6. The second-order valence-electron chi connectivity index (χ2n) is 18.8. The minimum absolute atomic E-state index is 0.0961. The fraction of sp³-hybridized carbons (Fsp3) is 0.369. The normalized spacial score (nSPS) is 10.0. The first-order chi connectivity index (χ1) is 44.4. The van der Waals surface area contributed by atoms with E-state index in [1.54, 1.807) is 62.8 Å². The number of aromatic nitrogens is 10. The van der Waals surface area contributed by atoms with E-state index in [0.717, 1.165) is 111 Å². The summed E-state index contributed by atoms with van der Waals surface area (Å²) in [7, 11) is 0. The van der Waals surface area contributed by atoms with Gasteiger partial charge in [0.05, 0.1) is 46.8 Å². The minimum atomic E-state index is -0.358. The van der Waals surface area contributed by atoms with E-state index in [1.807, 2.05) is 70.9 Å². The summed E-state index contributed by atoms with van der Waals surface area (Å²) in [6.07, 6.45) is 28.7. The summed E-state index contributed by atoms with van der Waals surface area (Å²) in [6, 6.07) is 4.90. The molecule has 0 saturated heterocycles. The zero-order valence-electron chi connectivity index (χ0n) is 53.9. The highest BCUT2D eigenvalue weighted by Gasteiger charge is 2.17. The number of aromatic amines is 3. The summed E-state index contributed by atoms with van der Waals surface area (Å²) in [6.45, 7) is 26.6. The van der Waals surface area contributed by atoms with Crippen molar-refractivity contribution in [3.63, 3.8) is 0 Å². The number of H-pyrrole nitrogens is 3. The molecule has 0 saturated carbocycles. The van der Waals surface area contributed by atoms with E-state index in [2.05, 4.69) is 230 Å². The molecule has 0 bridgehead atoms. The molecule has 0 fully saturated rings. The largest absolute Gasteiger partial charge is 0.462 e. The number of esters is 2. The van der Waals surface area contributed by atoms with Crippen LogP contribution in [0.3, 0.4) is 0 Å². The van der Waals surface area contributed by atoms with Gasteiger partial charge in [-0.05, 0) is 257 Å². The van der Waals surface area contributed by atoms with E-state index in [1.165, 1.54) is 45.5 Å². The van der Waals surface area contributed by atoms with Crippen molar-refractivity contribution < 1.29 is 24.2 Å². The number of aliphatic hydroxyl groups is 1. The number of nitrogens with zero attached hydrogens (tertiary/aromatic N) is 7. The SMILES string of the molecule is BrP(Br)Br.Brc1cncc(Br)c1.CCOC(=O)c1c(Br)cncc1Br.CCOC(=O)c1c(CC)cncc1CC.CCc1cncc(CC)c1CO.CCc1cncc(CC)c1CSc1nc(C)cc(=O)[nH]1.Cc1cc(=O)[nH]c(=S)[nH]1.[CH2+]Cc1cncc(CC)c1CBr. The van der Waals surface area contributed by atoms with Crippen LogP contribution in [-0.4, -0.2) is 80.1 Å². The highest BCUT2D eigenvalue weighted by Crippen LogP contribution is 2.59. The molecule has 0 aromatic carbocycles. The number of pyridine rings is 6. The van der Waals surface area contributed by atoms with Gasteiger partial charge in [-0.1, -0.05) is 76.2 Å². The van der Waals surface area contributed by atoms with E-state index >= 15 is 0 Å². The number of carbonyl (C=O) groups excluding carboxylic acids is 2. The molecule has 0 spiro atoms. The van der Waals surface area contributed by atoms with Gasteiger partial charge in [0.25, 0.3) is 11.1 Å². The molecule has 0 amide bonds. The van der Waals surface area contributed by atoms with E-state index in [4.69, 9.17) is 14.6 Å². The minimum Gasteiger partial charge on any atom is -0.462 e. The standard InChI is InChI=1S/C15H19N3OS.C12H17NO2.C10H13BrN.C10H15NO.C8H7Br2NO2.C5H3Br2N.C5H6N2OS.Br3P/c1-4-11-7-16-8-12(5-2)13(11)9-20-15-17-10(3)6-14(19)18-15;1-4-9-7-13-8-10(5-2)11(9)12(14)15-6-3;1-3-8-6-12-7-9(4-2)10(8)5-11;1-3-8-5-11-6-9(4-2)10(8)7-12;1-2-13-8(12)7-5(9)3-11-4-6(7)10;6-4-1-5(7)3-8-2-4;1-3-2-4(8)7-5(9)6-3;1-4(2)3/h6-8H,4-5,9H2,1-3H3,(H,17,18,19);7-8H,4-6H2,1-3H3;6-7H,1,3-5H2,2H3;5-6,12H,3-4,7H2,1-2H3;3-4H,2H2,1H3;1-3H;2H,1H3,(H2,6,7,8,9);/q;;+1;;;;;.